The van der Waals surface area contributed by atoms with E-state index in [0.29, 0.717) is 0 Å². The van der Waals surface area contributed by atoms with Gasteiger partial charge in [0.1, 0.15) is 0 Å². The first-order valence-corrected chi connectivity index (χ1v) is 5.76. The molecule has 0 unspecified atom stereocenters. The van der Waals surface area contributed by atoms with Crippen LogP contribution in [0.5, 0.6) is 0 Å². The number of fused-ring (bicyclic) bond motifs is 1. The maximum Gasteiger partial charge on any atom is 0.0513 e. The zero-order valence-electron chi connectivity index (χ0n) is 7.83. The van der Waals surface area contributed by atoms with Gasteiger partial charge in [-0.3, -0.25) is 0 Å². The van der Waals surface area contributed by atoms with Gasteiger partial charge in [-0.05, 0) is 29.2 Å². The average molecular weight is 247 g/mol. The molecule has 1 heteroatoms. The molecule has 1 saturated carbocycles. The zero-order chi connectivity index (χ0) is 9.60. The van der Waals surface area contributed by atoms with E-state index in [0.717, 1.165) is 0 Å². The minimum Gasteiger partial charge on any atom is -0.0801 e. The van der Waals surface area contributed by atoms with Crippen LogP contribution in [-0.4, -0.2) is 0 Å². The van der Waals surface area contributed by atoms with Crippen LogP contribution in [-0.2, 0) is 4.32 Å². The molecule has 0 heterocycles. The molecular weight excluding hydrogens is 236 g/mol. The highest BCUT2D eigenvalue weighted by Crippen LogP contribution is 2.55. The van der Waals surface area contributed by atoms with E-state index in [2.05, 4.69) is 58.4 Å². The molecule has 1 aliphatic rings. The minimum absolute atomic E-state index is 0.286. The van der Waals surface area contributed by atoms with Gasteiger partial charge in [-0.2, -0.15) is 0 Å². The van der Waals surface area contributed by atoms with Crippen LogP contribution >= 0.6 is 15.9 Å². The molecule has 0 amide bonds. The Labute approximate surface area is 92.1 Å². The fourth-order valence-corrected chi connectivity index (χ4v) is 2.54. The summed E-state index contributed by atoms with van der Waals surface area (Å²) >= 11 is 3.82. The first-order chi connectivity index (χ1) is 6.80. The fraction of sp³-hybridized carbons (Fsp3) is 0.231. The highest BCUT2D eigenvalue weighted by atomic mass is 79.9. The van der Waals surface area contributed by atoms with Gasteiger partial charge in [0.15, 0.2) is 0 Å². The standard InChI is InChI=1S/C13H11Br/c14-13(8-9-13)12-7-3-5-10-4-1-2-6-11(10)12/h1-7H,8-9H2. The SMILES string of the molecule is BrC1(c2cccc3ccccc23)CC1. The lowest BCUT2D eigenvalue weighted by Crippen LogP contribution is -1.95. The molecule has 0 atom stereocenters. The molecule has 0 nitrogen and oxygen atoms in total. The lowest BCUT2D eigenvalue weighted by molar-refractivity contribution is 1.08. The molecular formula is C13H11Br. The molecule has 0 bridgehead atoms. The number of hydrogen-bond donors (Lipinski definition) is 0. The predicted molar refractivity (Wildman–Crippen MR) is 63.8 cm³/mol. The Balaban J connectivity index is 2.33. The summed E-state index contributed by atoms with van der Waals surface area (Å²) in [5.74, 6) is 0. The average Bonchev–Trinajstić information content (AvgIpc) is 2.97. The second-order valence-corrected chi connectivity index (χ2v) is 5.51. The Morgan fingerprint density at radius 1 is 0.929 bits per heavy atom. The summed E-state index contributed by atoms with van der Waals surface area (Å²) in [7, 11) is 0. The second kappa shape index (κ2) is 2.83. The molecule has 0 aliphatic heterocycles. The molecule has 0 radical (unpaired) electrons. The Hall–Kier alpha value is -0.820. The van der Waals surface area contributed by atoms with Gasteiger partial charge < -0.3 is 0 Å². The van der Waals surface area contributed by atoms with Crippen molar-refractivity contribution in [3.8, 4) is 0 Å². The van der Waals surface area contributed by atoms with Gasteiger partial charge >= 0.3 is 0 Å². The van der Waals surface area contributed by atoms with E-state index in [9.17, 15) is 0 Å². The molecule has 2 aromatic carbocycles. The summed E-state index contributed by atoms with van der Waals surface area (Å²) in [6, 6.07) is 15.2. The normalized spacial score (nSPS) is 18.4. The van der Waals surface area contributed by atoms with Crippen LogP contribution in [0.2, 0.25) is 0 Å². The van der Waals surface area contributed by atoms with E-state index in [1.165, 1.54) is 29.2 Å². The van der Waals surface area contributed by atoms with E-state index < -0.39 is 0 Å². The first kappa shape index (κ1) is 8.49. The Bertz CT molecular complexity index is 478. The third-order valence-corrected chi connectivity index (χ3v) is 4.18. The predicted octanol–water partition coefficient (Wildman–Crippen LogP) is 4.22. The zero-order valence-corrected chi connectivity index (χ0v) is 9.42. The maximum absolute atomic E-state index is 3.82. The molecule has 3 rings (SSSR count). The minimum atomic E-state index is 0.286. The second-order valence-electron chi connectivity index (χ2n) is 3.99. The summed E-state index contributed by atoms with van der Waals surface area (Å²) in [6.45, 7) is 0. The van der Waals surface area contributed by atoms with E-state index in [1.807, 2.05) is 0 Å². The van der Waals surface area contributed by atoms with E-state index in [1.54, 1.807) is 0 Å². The molecule has 2 aromatic rings. The fourth-order valence-electron chi connectivity index (χ4n) is 2.00. The number of rotatable bonds is 1. The van der Waals surface area contributed by atoms with Crippen molar-refractivity contribution in [3.63, 3.8) is 0 Å². The number of hydrogen-bond acceptors (Lipinski definition) is 0. The van der Waals surface area contributed by atoms with Crippen molar-refractivity contribution in [2.75, 3.05) is 0 Å². The third kappa shape index (κ3) is 1.19. The topological polar surface area (TPSA) is 0 Å². The number of alkyl halides is 1. The van der Waals surface area contributed by atoms with Crippen LogP contribution in [0.25, 0.3) is 10.8 Å². The quantitative estimate of drug-likeness (QED) is 0.661. The molecule has 1 fully saturated rings. The molecule has 1 aliphatic carbocycles. The Kier molecular flexibility index (Phi) is 1.72. The van der Waals surface area contributed by atoms with Crippen molar-refractivity contribution in [2.45, 2.75) is 17.2 Å². The molecule has 0 N–H and O–H groups in total. The van der Waals surface area contributed by atoms with Gasteiger partial charge in [0.05, 0.1) is 4.32 Å². The van der Waals surface area contributed by atoms with Crippen molar-refractivity contribution in [1.82, 2.24) is 0 Å². The summed E-state index contributed by atoms with van der Waals surface area (Å²) in [6.07, 6.45) is 2.53. The lowest BCUT2D eigenvalue weighted by Gasteiger charge is -2.10. The van der Waals surface area contributed by atoms with Crippen molar-refractivity contribution in [1.29, 1.82) is 0 Å². The van der Waals surface area contributed by atoms with Gasteiger partial charge in [0, 0.05) is 0 Å². The van der Waals surface area contributed by atoms with E-state index in [-0.39, 0.29) is 4.32 Å². The van der Waals surface area contributed by atoms with Crippen molar-refractivity contribution >= 4 is 26.7 Å². The Morgan fingerprint density at radius 3 is 2.43 bits per heavy atom. The maximum atomic E-state index is 3.82. The van der Waals surface area contributed by atoms with Crippen molar-refractivity contribution in [3.05, 3.63) is 48.0 Å². The first-order valence-electron chi connectivity index (χ1n) is 4.97. The van der Waals surface area contributed by atoms with E-state index >= 15 is 0 Å². The van der Waals surface area contributed by atoms with Gasteiger partial charge in [-0.25, -0.2) is 0 Å². The van der Waals surface area contributed by atoms with Crippen LogP contribution in [0.1, 0.15) is 18.4 Å². The molecule has 14 heavy (non-hydrogen) atoms. The number of benzene rings is 2. The van der Waals surface area contributed by atoms with Gasteiger partial charge in [-0.15, -0.1) is 0 Å². The van der Waals surface area contributed by atoms with Crippen LogP contribution in [0, 0.1) is 0 Å². The van der Waals surface area contributed by atoms with Crippen LogP contribution in [0.4, 0.5) is 0 Å². The van der Waals surface area contributed by atoms with Crippen LogP contribution < -0.4 is 0 Å². The lowest BCUT2D eigenvalue weighted by atomic mass is 10.0. The molecule has 0 aromatic heterocycles. The van der Waals surface area contributed by atoms with Gasteiger partial charge in [0.2, 0.25) is 0 Å². The monoisotopic (exact) mass is 246 g/mol. The molecule has 0 spiro atoms. The van der Waals surface area contributed by atoms with Crippen molar-refractivity contribution in [2.24, 2.45) is 0 Å². The van der Waals surface area contributed by atoms with Gasteiger partial charge in [-0.1, -0.05) is 58.4 Å². The summed E-state index contributed by atoms with van der Waals surface area (Å²) in [5, 5.41) is 2.74. The number of halogens is 1. The molecule has 70 valence electrons. The van der Waals surface area contributed by atoms with Crippen LogP contribution in [0.3, 0.4) is 0 Å². The van der Waals surface area contributed by atoms with Crippen molar-refractivity contribution < 1.29 is 0 Å². The molecule has 0 saturated heterocycles. The summed E-state index contributed by atoms with van der Waals surface area (Å²) in [5.41, 5.74) is 1.45. The largest absolute Gasteiger partial charge is 0.0801 e. The highest BCUT2D eigenvalue weighted by Gasteiger charge is 2.42. The third-order valence-electron chi connectivity index (χ3n) is 2.96. The van der Waals surface area contributed by atoms with Gasteiger partial charge in [0.25, 0.3) is 0 Å². The summed E-state index contributed by atoms with van der Waals surface area (Å²) < 4.78 is 0.286. The summed E-state index contributed by atoms with van der Waals surface area (Å²) in [4.78, 5) is 0. The van der Waals surface area contributed by atoms with Crippen LogP contribution in [0.15, 0.2) is 42.5 Å². The smallest absolute Gasteiger partial charge is 0.0513 e. The highest BCUT2D eigenvalue weighted by molar-refractivity contribution is 9.09. The van der Waals surface area contributed by atoms with E-state index in [4.69, 9.17) is 0 Å². The Morgan fingerprint density at radius 2 is 1.64 bits per heavy atom.